The molecule has 0 radical (unpaired) electrons. The number of ketones is 1. The van der Waals surface area contributed by atoms with Crippen LogP contribution in [0.25, 0.3) is 0 Å². The first-order valence-electron chi connectivity index (χ1n) is 5.05. The molecule has 2 nitrogen and oxygen atoms in total. The summed E-state index contributed by atoms with van der Waals surface area (Å²) in [5.74, 6) is -1.86. The van der Waals surface area contributed by atoms with E-state index in [1.807, 2.05) is 30.3 Å². The minimum absolute atomic E-state index is 0.478. The molecule has 0 saturated carbocycles. The third-order valence-electron chi connectivity index (χ3n) is 2.03. The maximum atomic E-state index is 11.8. The number of carbonyl (C=O) groups excluding carboxylic acids is 1. The molecule has 92 valence electrons. The smallest absolute Gasteiger partial charge is 0.390 e. The van der Waals surface area contributed by atoms with E-state index in [1.54, 1.807) is 0 Å². The van der Waals surface area contributed by atoms with Gasteiger partial charge in [-0.05, 0) is 12.0 Å². The topological polar surface area (TPSA) is 29.1 Å². The molecule has 0 aliphatic heterocycles. The summed E-state index contributed by atoms with van der Waals surface area (Å²) in [6.45, 7) is 0.478. The number of carbonyl (C=O) groups is 1. The lowest BCUT2D eigenvalue weighted by atomic mass is 10.1. The van der Waals surface area contributed by atoms with Gasteiger partial charge in [0.25, 0.3) is 5.78 Å². The zero-order chi connectivity index (χ0) is 12.7. The van der Waals surface area contributed by atoms with Gasteiger partial charge in [0.2, 0.25) is 0 Å². The lowest BCUT2D eigenvalue weighted by molar-refractivity contribution is -0.165. The van der Waals surface area contributed by atoms with Gasteiger partial charge < -0.3 is 5.32 Å². The van der Waals surface area contributed by atoms with Crippen molar-refractivity contribution in [2.45, 2.75) is 12.6 Å². The average Bonchev–Trinajstić information content (AvgIpc) is 2.28. The quantitative estimate of drug-likeness (QED) is 0.635. The van der Waals surface area contributed by atoms with Crippen LogP contribution in [0.5, 0.6) is 0 Å². The number of alkyl halides is 3. The summed E-state index contributed by atoms with van der Waals surface area (Å²) in [6, 6.07) is 9.51. The Kier molecular flexibility index (Phi) is 4.75. The normalized spacial score (nSPS) is 11.7. The van der Waals surface area contributed by atoms with E-state index >= 15 is 0 Å². The van der Waals surface area contributed by atoms with E-state index in [0.29, 0.717) is 19.0 Å². The van der Waals surface area contributed by atoms with E-state index < -0.39 is 12.0 Å². The fourth-order valence-corrected chi connectivity index (χ4v) is 1.17. The molecule has 0 aromatic heterocycles. The van der Waals surface area contributed by atoms with Crippen LogP contribution < -0.4 is 5.32 Å². The number of nitrogens with one attached hydrogen (secondary N) is 1. The van der Waals surface area contributed by atoms with Crippen LogP contribution in [-0.4, -0.2) is 18.5 Å². The van der Waals surface area contributed by atoms with Gasteiger partial charge in [-0.2, -0.15) is 13.2 Å². The first-order chi connectivity index (χ1) is 8.00. The van der Waals surface area contributed by atoms with Gasteiger partial charge >= 0.3 is 6.18 Å². The molecule has 0 heterocycles. The Morgan fingerprint density at radius 2 is 1.88 bits per heavy atom. The van der Waals surface area contributed by atoms with Crippen molar-refractivity contribution in [3.05, 3.63) is 48.2 Å². The molecule has 0 spiro atoms. The standard InChI is InChI=1S/C12H12F3NO/c13-12(14,15)11(17)7-9-16-8-6-10-4-2-1-3-5-10/h1-5,7,9,16H,6,8H2. The molecule has 0 aliphatic rings. The van der Waals surface area contributed by atoms with Crippen LogP contribution in [0, 0.1) is 0 Å². The maximum absolute atomic E-state index is 11.8. The Hall–Kier alpha value is -1.78. The van der Waals surface area contributed by atoms with Crippen molar-refractivity contribution in [3.8, 4) is 0 Å². The Bertz CT molecular complexity index is 384. The molecular weight excluding hydrogens is 231 g/mol. The van der Waals surface area contributed by atoms with Crippen molar-refractivity contribution in [1.29, 1.82) is 0 Å². The van der Waals surface area contributed by atoms with Crippen LogP contribution in [0.15, 0.2) is 42.6 Å². The number of hydrogen-bond donors (Lipinski definition) is 1. The average molecular weight is 243 g/mol. The molecular formula is C12H12F3NO. The van der Waals surface area contributed by atoms with E-state index in [0.717, 1.165) is 11.8 Å². The van der Waals surface area contributed by atoms with Gasteiger partial charge in [-0.1, -0.05) is 30.3 Å². The molecule has 0 unspecified atom stereocenters. The largest absolute Gasteiger partial charge is 0.454 e. The highest BCUT2D eigenvalue weighted by Crippen LogP contribution is 2.15. The molecule has 17 heavy (non-hydrogen) atoms. The third-order valence-corrected chi connectivity index (χ3v) is 2.03. The fourth-order valence-electron chi connectivity index (χ4n) is 1.17. The van der Waals surface area contributed by atoms with Gasteiger partial charge in [0.1, 0.15) is 0 Å². The van der Waals surface area contributed by atoms with E-state index in [1.165, 1.54) is 0 Å². The number of rotatable bonds is 5. The summed E-state index contributed by atoms with van der Waals surface area (Å²) in [4.78, 5) is 10.4. The Labute approximate surface area is 97.1 Å². The number of hydrogen-bond acceptors (Lipinski definition) is 2. The minimum atomic E-state index is -4.79. The lowest BCUT2D eigenvalue weighted by Gasteiger charge is -2.02. The summed E-state index contributed by atoms with van der Waals surface area (Å²) < 4.78 is 35.4. The predicted molar refractivity (Wildman–Crippen MR) is 58.4 cm³/mol. The first-order valence-corrected chi connectivity index (χ1v) is 5.05. The number of benzene rings is 1. The molecule has 1 rings (SSSR count). The Morgan fingerprint density at radius 1 is 1.24 bits per heavy atom. The van der Waals surface area contributed by atoms with Crippen molar-refractivity contribution in [2.75, 3.05) is 6.54 Å². The van der Waals surface area contributed by atoms with Crippen molar-refractivity contribution < 1.29 is 18.0 Å². The highest BCUT2D eigenvalue weighted by Gasteiger charge is 2.35. The van der Waals surface area contributed by atoms with Crippen LogP contribution in [-0.2, 0) is 11.2 Å². The van der Waals surface area contributed by atoms with Gasteiger partial charge in [-0.15, -0.1) is 0 Å². The van der Waals surface area contributed by atoms with Crippen LogP contribution in [0.3, 0.4) is 0 Å². The molecule has 0 atom stereocenters. The molecule has 1 aromatic carbocycles. The van der Waals surface area contributed by atoms with Crippen LogP contribution in [0.1, 0.15) is 5.56 Å². The molecule has 1 N–H and O–H groups in total. The van der Waals surface area contributed by atoms with Crippen molar-refractivity contribution in [2.24, 2.45) is 0 Å². The van der Waals surface area contributed by atoms with E-state index in [4.69, 9.17) is 0 Å². The fraction of sp³-hybridized carbons (Fsp3) is 0.250. The minimum Gasteiger partial charge on any atom is -0.390 e. The summed E-state index contributed by atoms with van der Waals surface area (Å²) in [5, 5.41) is 2.64. The van der Waals surface area contributed by atoms with Crippen molar-refractivity contribution >= 4 is 5.78 Å². The molecule has 0 aliphatic carbocycles. The molecule has 0 bridgehead atoms. The molecule has 1 aromatic rings. The summed E-state index contributed by atoms with van der Waals surface area (Å²) in [5.41, 5.74) is 1.08. The second-order valence-electron chi connectivity index (χ2n) is 3.39. The van der Waals surface area contributed by atoms with Crippen molar-refractivity contribution in [1.82, 2.24) is 5.32 Å². The molecule has 5 heteroatoms. The van der Waals surface area contributed by atoms with Crippen LogP contribution in [0.2, 0.25) is 0 Å². The number of allylic oxidation sites excluding steroid dienone is 1. The first kappa shape index (κ1) is 13.3. The zero-order valence-corrected chi connectivity index (χ0v) is 9.00. The van der Waals surface area contributed by atoms with E-state index in [2.05, 4.69) is 5.32 Å². The molecule has 0 fully saturated rings. The monoisotopic (exact) mass is 243 g/mol. The molecule has 0 saturated heterocycles. The lowest BCUT2D eigenvalue weighted by Crippen LogP contribution is -2.21. The zero-order valence-electron chi connectivity index (χ0n) is 9.00. The van der Waals surface area contributed by atoms with Crippen molar-refractivity contribution in [3.63, 3.8) is 0 Å². The Morgan fingerprint density at radius 3 is 2.47 bits per heavy atom. The van der Waals surface area contributed by atoms with Gasteiger partial charge in [0.15, 0.2) is 0 Å². The van der Waals surface area contributed by atoms with Crippen LogP contribution in [0.4, 0.5) is 13.2 Å². The van der Waals surface area contributed by atoms with Gasteiger partial charge in [0.05, 0.1) is 0 Å². The molecule has 0 amide bonds. The van der Waals surface area contributed by atoms with Gasteiger partial charge in [-0.3, -0.25) is 4.79 Å². The third kappa shape index (κ3) is 5.19. The predicted octanol–water partition coefficient (Wildman–Crippen LogP) is 2.46. The van der Waals surface area contributed by atoms with Crippen LogP contribution >= 0.6 is 0 Å². The summed E-state index contributed by atoms with van der Waals surface area (Å²) in [7, 11) is 0. The second kappa shape index (κ2) is 6.08. The highest BCUT2D eigenvalue weighted by molar-refractivity contribution is 5.94. The van der Waals surface area contributed by atoms with E-state index in [-0.39, 0.29) is 0 Å². The summed E-state index contributed by atoms with van der Waals surface area (Å²) in [6.07, 6.45) is -2.59. The Balaban J connectivity index is 2.25. The van der Waals surface area contributed by atoms with Gasteiger partial charge in [0, 0.05) is 18.8 Å². The maximum Gasteiger partial charge on any atom is 0.454 e. The number of halogens is 3. The van der Waals surface area contributed by atoms with E-state index in [9.17, 15) is 18.0 Å². The summed E-state index contributed by atoms with van der Waals surface area (Å²) >= 11 is 0. The second-order valence-corrected chi connectivity index (χ2v) is 3.39. The highest BCUT2D eigenvalue weighted by atomic mass is 19.4. The van der Waals surface area contributed by atoms with Gasteiger partial charge in [-0.25, -0.2) is 0 Å². The SMILES string of the molecule is O=C(C=CNCCc1ccccc1)C(F)(F)F.